The summed E-state index contributed by atoms with van der Waals surface area (Å²) in [5.41, 5.74) is 1.56. The van der Waals surface area contributed by atoms with Crippen molar-refractivity contribution in [3.63, 3.8) is 0 Å². The number of nitrogens with zero attached hydrogens (tertiary/aromatic N) is 2. The Labute approximate surface area is 182 Å². The lowest BCUT2D eigenvalue weighted by molar-refractivity contribution is -0.117. The Bertz CT molecular complexity index is 1080. The summed E-state index contributed by atoms with van der Waals surface area (Å²) in [7, 11) is 0. The first kappa shape index (κ1) is 21.6. The average molecular weight is 472 g/mol. The van der Waals surface area contributed by atoms with E-state index in [9.17, 15) is 9.59 Å². The number of nitrogens with one attached hydrogen (secondary N) is 1. The molecule has 1 N–H and O–H groups in total. The van der Waals surface area contributed by atoms with Crippen LogP contribution in [-0.4, -0.2) is 28.9 Å². The molecule has 0 saturated carbocycles. The molecule has 1 amide bonds. The lowest BCUT2D eigenvalue weighted by atomic mass is 10.1. The highest BCUT2D eigenvalue weighted by molar-refractivity contribution is 9.10. The van der Waals surface area contributed by atoms with E-state index in [0.29, 0.717) is 36.1 Å². The molecule has 2 aromatic carbocycles. The fourth-order valence-electron chi connectivity index (χ4n) is 2.81. The van der Waals surface area contributed by atoms with Gasteiger partial charge in [0.15, 0.2) is 0 Å². The molecule has 0 aliphatic carbocycles. The van der Waals surface area contributed by atoms with Crippen LogP contribution in [0.2, 0.25) is 0 Å². The lowest BCUT2D eigenvalue weighted by Gasteiger charge is -2.14. The van der Waals surface area contributed by atoms with Gasteiger partial charge in [-0.15, -0.1) is 0 Å². The zero-order chi connectivity index (χ0) is 21.5. The summed E-state index contributed by atoms with van der Waals surface area (Å²) in [6.45, 7) is 4.47. The molecule has 0 saturated heterocycles. The number of hydrogen-bond donors (Lipinski definition) is 1. The Morgan fingerprint density at radius 1 is 1.03 bits per heavy atom. The molecule has 1 aromatic heterocycles. The monoisotopic (exact) mass is 471 g/mol. The van der Waals surface area contributed by atoms with Gasteiger partial charge in [0, 0.05) is 22.2 Å². The Balaban J connectivity index is 1.81. The standard InChI is InChI=1S/C22H22BrN3O4/c1-3-29-17-9-11-20(30-4-2)19(13-17)24-21(27)14-26-22(28)12-10-18(25-26)15-5-7-16(23)8-6-15/h5-13H,3-4,14H2,1-2H3,(H,24,27). The van der Waals surface area contributed by atoms with E-state index >= 15 is 0 Å². The predicted molar refractivity (Wildman–Crippen MR) is 119 cm³/mol. The quantitative estimate of drug-likeness (QED) is 0.534. The first-order valence-electron chi connectivity index (χ1n) is 9.53. The number of benzene rings is 2. The van der Waals surface area contributed by atoms with Crippen LogP contribution in [-0.2, 0) is 11.3 Å². The highest BCUT2D eigenvalue weighted by Gasteiger charge is 2.12. The van der Waals surface area contributed by atoms with Crippen molar-refractivity contribution in [2.75, 3.05) is 18.5 Å². The summed E-state index contributed by atoms with van der Waals surface area (Å²) < 4.78 is 13.1. The van der Waals surface area contributed by atoms with Crippen LogP contribution in [0.4, 0.5) is 5.69 Å². The summed E-state index contributed by atoms with van der Waals surface area (Å²) in [5.74, 6) is 0.745. The summed E-state index contributed by atoms with van der Waals surface area (Å²) >= 11 is 3.39. The van der Waals surface area contributed by atoms with Crippen LogP contribution in [0.25, 0.3) is 11.3 Å². The Hall–Kier alpha value is -3.13. The third kappa shape index (κ3) is 5.48. The van der Waals surface area contributed by atoms with Crippen molar-refractivity contribution in [2.24, 2.45) is 0 Å². The van der Waals surface area contributed by atoms with Gasteiger partial charge in [-0.3, -0.25) is 9.59 Å². The number of ether oxygens (including phenoxy) is 2. The Morgan fingerprint density at radius 2 is 1.77 bits per heavy atom. The number of anilines is 1. The molecule has 0 radical (unpaired) electrons. The zero-order valence-corrected chi connectivity index (χ0v) is 18.3. The maximum absolute atomic E-state index is 12.6. The molecular formula is C22H22BrN3O4. The molecule has 0 aliphatic rings. The summed E-state index contributed by atoms with van der Waals surface area (Å²) in [4.78, 5) is 24.9. The highest BCUT2D eigenvalue weighted by Crippen LogP contribution is 2.29. The normalized spacial score (nSPS) is 10.5. The van der Waals surface area contributed by atoms with Crippen LogP contribution in [0.1, 0.15) is 13.8 Å². The van der Waals surface area contributed by atoms with Crippen molar-refractivity contribution in [1.29, 1.82) is 0 Å². The zero-order valence-electron chi connectivity index (χ0n) is 16.7. The fourth-order valence-corrected chi connectivity index (χ4v) is 3.07. The molecule has 3 rings (SSSR count). The Kier molecular flexibility index (Phi) is 7.24. The SMILES string of the molecule is CCOc1ccc(OCC)c(NC(=O)Cn2nc(-c3ccc(Br)cc3)ccc2=O)c1. The van der Waals surface area contributed by atoms with Crippen molar-refractivity contribution in [3.05, 3.63) is 69.4 Å². The fraction of sp³-hybridized carbons (Fsp3) is 0.227. The summed E-state index contributed by atoms with van der Waals surface area (Å²) in [6, 6.07) is 15.8. The number of amides is 1. The second-order valence-corrected chi connectivity index (χ2v) is 7.21. The number of aromatic nitrogens is 2. The highest BCUT2D eigenvalue weighted by atomic mass is 79.9. The van der Waals surface area contributed by atoms with Crippen LogP contribution >= 0.6 is 15.9 Å². The third-order valence-electron chi connectivity index (χ3n) is 4.14. The molecule has 0 bridgehead atoms. The van der Waals surface area contributed by atoms with Gasteiger partial charge in [-0.25, -0.2) is 4.68 Å². The van der Waals surface area contributed by atoms with Crippen molar-refractivity contribution < 1.29 is 14.3 Å². The summed E-state index contributed by atoms with van der Waals surface area (Å²) in [6.07, 6.45) is 0. The Morgan fingerprint density at radius 3 is 2.47 bits per heavy atom. The molecule has 0 unspecified atom stereocenters. The van der Waals surface area contributed by atoms with Crippen LogP contribution < -0.4 is 20.3 Å². The molecule has 30 heavy (non-hydrogen) atoms. The van der Waals surface area contributed by atoms with E-state index < -0.39 is 5.91 Å². The number of hydrogen-bond acceptors (Lipinski definition) is 5. The van der Waals surface area contributed by atoms with E-state index in [-0.39, 0.29) is 12.1 Å². The molecule has 8 heteroatoms. The average Bonchev–Trinajstić information content (AvgIpc) is 2.72. The molecule has 1 heterocycles. The number of halogens is 1. The van der Waals surface area contributed by atoms with Gasteiger partial charge in [-0.2, -0.15) is 5.10 Å². The van der Waals surface area contributed by atoms with E-state index in [4.69, 9.17) is 9.47 Å². The molecule has 156 valence electrons. The van der Waals surface area contributed by atoms with Crippen LogP contribution in [0, 0.1) is 0 Å². The molecule has 3 aromatic rings. The van der Waals surface area contributed by atoms with E-state index in [1.807, 2.05) is 38.1 Å². The maximum Gasteiger partial charge on any atom is 0.267 e. The third-order valence-corrected chi connectivity index (χ3v) is 4.66. The first-order valence-corrected chi connectivity index (χ1v) is 10.3. The predicted octanol–water partition coefficient (Wildman–Crippen LogP) is 4.11. The lowest BCUT2D eigenvalue weighted by Crippen LogP contribution is -2.29. The van der Waals surface area contributed by atoms with Crippen molar-refractivity contribution >= 4 is 27.5 Å². The van der Waals surface area contributed by atoms with Gasteiger partial charge in [-0.05, 0) is 44.2 Å². The second kappa shape index (κ2) is 10.1. The molecule has 0 aliphatic heterocycles. The van der Waals surface area contributed by atoms with Crippen molar-refractivity contribution in [3.8, 4) is 22.8 Å². The molecule has 0 atom stereocenters. The van der Waals surface area contributed by atoms with Crippen LogP contribution in [0.3, 0.4) is 0 Å². The minimum absolute atomic E-state index is 0.229. The van der Waals surface area contributed by atoms with Crippen molar-refractivity contribution in [1.82, 2.24) is 9.78 Å². The van der Waals surface area contributed by atoms with Crippen molar-refractivity contribution in [2.45, 2.75) is 20.4 Å². The van der Waals surface area contributed by atoms with Gasteiger partial charge in [0.25, 0.3) is 5.56 Å². The largest absolute Gasteiger partial charge is 0.494 e. The van der Waals surface area contributed by atoms with Gasteiger partial charge in [-0.1, -0.05) is 28.1 Å². The number of rotatable bonds is 8. The van der Waals surface area contributed by atoms with E-state index in [0.717, 1.165) is 14.7 Å². The number of carbonyl (C=O) groups excluding carboxylic acids is 1. The van der Waals surface area contributed by atoms with Crippen LogP contribution in [0.15, 0.2) is 63.9 Å². The maximum atomic E-state index is 12.6. The second-order valence-electron chi connectivity index (χ2n) is 6.29. The summed E-state index contributed by atoms with van der Waals surface area (Å²) in [5, 5.41) is 7.12. The number of carbonyl (C=O) groups is 1. The molecule has 0 spiro atoms. The van der Waals surface area contributed by atoms with E-state index in [2.05, 4.69) is 26.3 Å². The molecular weight excluding hydrogens is 450 g/mol. The first-order chi connectivity index (χ1) is 14.5. The van der Waals surface area contributed by atoms with Gasteiger partial charge in [0.05, 0.1) is 24.6 Å². The van der Waals surface area contributed by atoms with Gasteiger partial charge in [0.2, 0.25) is 5.91 Å². The van der Waals surface area contributed by atoms with E-state index in [1.165, 1.54) is 6.07 Å². The van der Waals surface area contributed by atoms with Gasteiger partial charge in [0.1, 0.15) is 18.0 Å². The van der Waals surface area contributed by atoms with Gasteiger partial charge >= 0.3 is 0 Å². The smallest absolute Gasteiger partial charge is 0.267 e. The molecule has 7 nitrogen and oxygen atoms in total. The van der Waals surface area contributed by atoms with Gasteiger partial charge < -0.3 is 14.8 Å². The van der Waals surface area contributed by atoms with E-state index in [1.54, 1.807) is 24.3 Å². The minimum atomic E-state index is -0.396. The minimum Gasteiger partial charge on any atom is -0.494 e. The van der Waals surface area contributed by atoms with Crippen LogP contribution in [0.5, 0.6) is 11.5 Å². The molecule has 0 fully saturated rings. The topological polar surface area (TPSA) is 82.4 Å².